The van der Waals surface area contributed by atoms with Crippen LogP contribution in [0.15, 0.2) is 60.7 Å². The topological polar surface area (TPSA) is 84.3 Å². The molecule has 0 aliphatic rings. The summed E-state index contributed by atoms with van der Waals surface area (Å²) >= 11 is 5.43. The zero-order chi connectivity index (χ0) is 27.2. The third-order valence-electron chi connectivity index (χ3n) is 6.09. The molecular weight excluding hydrogens is 496 g/mol. The zero-order valence-corrected chi connectivity index (χ0v) is 23.3. The van der Waals surface area contributed by atoms with E-state index in [1.807, 2.05) is 37.3 Å². The number of nitrogens with one attached hydrogen (secondary N) is 2. The Morgan fingerprint density at radius 2 is 1.71 bits per heavy atom. The molecule has 0 atom stereocenters. The van der Waals surface area contributed by atoms with Gasteiger partial charge in [0.1, 0.15) is 16.8 Å². The van der Waals surface area contributed by atoms with E-state index >= 15 is 0 Å². The first-order valence-electron chi connectivity index (χ1n) is 12.9. The Kier molecular flexibility index (Phi) is 8.58. The van der Waals surface area contributed by atoms with Crippen molar-refractivity contribution in [2.45, 2.75) is 34.6 Å². The Morgan fingerprint density at radius 1 is 1.03 bits per heavy atom. The lowest BCUT2D eigenvalue weighted by molar-refractivity contribution is 0.0977. The smallest absolute Gasteiger partial charge is 0.257 e. The van der Waals surface area contributed by atoms with Crippen molar-refractivity contribution in [2.75, 3.05) is 29.9 Å². The minimum absolute atomic E-state index is 0.199. The van der Waals surface area contributed by atoms with Gasteiger partial charge >= 0.3 is 0 Å². The number of aromatic nitrogens is 3. The summed E-state index contributed by atoms with van der Waals surface area (Å²) in [4.78, 5) is 16.7. The SMILES string of the molecule is CCN(CC)c1ccc(-n2nc3cc(C)c(NC(=S)NC(=O)c4cccc(OCC(C)C)c4)cc3n2)cc1. The molecule has 0 bridgehead atoms. The Hall–Kier alpha value is -3.98. The van der Waals surface area contributed by atoms with Gasteiger partial charge in [-0.2, -0.15) is 4.80 Å². The second-order valence-corrected chi connectivity index (χ2v) is 9.88. The van der Waals surface area contributed by atoms with Crippen LogP contribution in [-0.4, -0.2) is 45.7 Å². The van der Waals surface area contributed by atoms with Crippen molar-refractivity contribution >= 4 is 45.6 Å². The van der Waals surface area contributed by atoms with Gasteiger partial charge in [-0.1, -0.05) is 19.9 Å². The number of carbonyl (C=O) groups is 1. The molecule has 0 spiro atoms. The molecule has 9 heteroatoms. The summed E-state index contributed by atoms with van der Waals surface area (Å²) < 4.78 is 5.73. The van der Waals surface area contributed by atoms with Gasteiger partial charge in [0.2, 0.25) is 0 Å². The van der Waals surface area contributed by atoms with Crippen molar-refractivity contribution in [3.63, 3.8) is 0 Å². The highest BCUT2D eigenvalue weighted by Crippen LogP contribution is 2.23. The van der Waals surface area contributed by atoms with Crippen LogP contribution in [0.25, 0.3) is 16.7 Å². The van der Waals surface area contributed by atoms with Gasteiger partial charge in [0, 0.05) is 30.0 Å². The molecule has 0 aliphatic carbocycles. The third kappa shape index (κ3) is 6.47. The van der Waals surface area contributed by atoms with Gasteiger partial charge in [-0.05, 0) is 99.1 Å². The van der Waals surface area contributed by atoms with Gasteiger partial charge in [0.05, 0.1) is 12.3 Å². The lowest BCUT2D eigenvalue weighted by Gasteiger charge is -2.20. The monoisotopic (exact) mass is 530 g/mol. The van der Waals surface area contributed by atoms with Crippen LogP contribution in [0.4, 0.5) is 11.4 Å². The van der Waals surface area contributed by atoms with Crippen molar-refractivity contribution in [2.24, 2.45) is 5.92 Å². The lowest BCUT2D eigenvalue weighted by atomic mass is 10.2. The van der Waals surface area contributed by atoms with E-state index in [4.69, 9.17) is 17.0 Å². The van der Waals surface area contributed by atoms with Crippen LogP contribution in [0.2, 0.25) is 0 Å². The number of fused-ring (bicyclic) bond motifs is 1. The van der Waals surface area contributed by atoms with Crippen molar-refractivity contribution < 1.29 is 9.53 Å². The molecule has 1 aromatic heterocycles. The molecule has 3 aromatic carbocycles. The van der Waals surface area contributed by atoms with Gasteiger partial charge in [0.15, 0.2) is 5.11 Å². The number of hydrogen-bond donors (Lipinski definition) is 2. The summed E-state index contributed by atoms with van der Waals surface area (Å²) in [5, 5.41) is 15.4. The molecule has 38 heavy (non-hydrogen) atoms. The zero-order valence-electron chi connectivity index (χ0n) is 22.5. The highest BCUT2D eigenvalue weighted by Gasteiger charge is 2.13. The molecule has 2 N–H and O–H groups in total. The predicted molar refractivity (Wildman–Crippen MR) is 158 cm³/mol. The van der Waals surface area contributed by atoms with E-state index in [0.29, 0.717) is 23.8 Å². The summed E-state index contributed by atoms with van der Waals surface area (Å²) in [6.45, 7) is 12.9. The van der Waals surface area contributed by atoms with E-state index in [1.165, 1.54) is 5.69 Å². The van der Waals surface area contributed by atoms with Crippen LogP contribution in [0.3, 0.4) is 0 Å². The molecule has 8 nitrogen and oxygen atoms in total. The Bertz CT molecular complexity index is 1430. The van der Waals surface area contributed by atoms with Gasteiger partial charge in [-0.25, -0.2) is 0 Å². The number of ether oxygens (including phenoxy) is 1. The lowest BCUT2D eigenvalue weighted by Crippen LogP contribution is -2.34. The summed E-state index contributed by atoms with van der Waals surface area (Å²) in [7, 11) is 0. The number of amides is 1. The Balaban J connectivity index is 1.45. The minimum atomic E-state index is -0.310. The number of anilines is 2. The first-order chi connectivity index (χ1) is 18.3. The molecule has 0 unspecified atom stereocenters. The average Bonchev–Trinajstić information content (AvgIpc) is 3.31. The average molecular weight is 531 g/mol. The maximum absolute atomic E-state index is 12.8. The highest BCUT2D eigenvalue weighted by molar-refractivity contribution is 7.80. The molecule has 0 aliphatic heterocycles. The molecule has 0 fully saturated rings. The maximum atomic E-state index is 12.8. The molecule has 4 aromatic rings. The predicted octanol–water partition coefficient (Wildman–Crippen LogP) is 5.74. The van der Waals surface area contributed by atoms with E-state index in [2.05, 4.69) is 65.6 Å². The first-order valence-corrected chi connectivity index (χ1v) is 13.3. The molecule has 1 amide bonds. The van der Waals surface area contributed by atoms with E-state index in [0.717, 1.165) is 41.1 Å². The van der Waals surface area contributed by atoms with E-state index in [9.17, 15) is 4.79 Å². The number of thiocarbonyl (C=S) groups is 1. The van der Waals surface area contributed by atoms with Crippen LogP contribution in [0.1, 0.15) is 43.6 Å². The number of rotatable bonds is 9. The third-order valence-corrected chi connectivity index (χ3v) is 6.29. The van der Waals surface area contributed by atoms with Gasteiger partial charge in [-0.15, -0.1) is 10.2 Å². The van der Waals surface area contributed by atoms with Gasteiger partial charge in [0.25, 0.3) is 5.91 Å². The molecule has 0 saturated heterocycles. The second kappa shape index (κ2) is 12.0. The van der Waals surface area contributed by atoms with Gasteiger partial charge in [-0.3, -0.25) is 10.1 Å². The van der Waals surface area contributed by atoms with Gasteiger partial charge < -0.3 is 15.0 Å². The summed E-state index contributed by atoms with van der Waals surface area (Å²) in [6.07, 6.45) is 0. The Morgan fingerprint density at radius 3 is 2.37 bits per heavy atom. The highest BCUT2D eigenvalue weighted by atomic mass is 32.1. The van der Waals surface area contributed by atoms with Crippen LogP contribution >= 0.6 is 12.2 Å². The van der Waals surface area contributed by atoms with Crippen molar-refractivity contribution in [3.8, 4) is 11.4 Å². The summed E-state index contributed by atoms with van der Waals surface area (Å²) in [5.41, 5.74) is 5.69. The molecule has 0 saturated carbocycles. The number of nitrogens with zero attached hydrogens (tertiary/aromatic N) is 4. The fourth-order valence-electron chi connectivity index (χ4n) is 4.02. The molecular formula is C29H34N6O2S. The fraction of sp³-hybridized carbons (Fsp3) is 0.310. The number of hydrogen-bond acceptors (Lipinski definition) is 6. The normalized spacial score (nSPS) is 11.0. The number of benzene rings is 3. The van der Waals surface area contributed by atoms with E-state index in [-0.39, 0.29) is 11.0 Å². The van der Waals surface area contributed by atoms with Crippen LogP contribution in [0, 0.1) is 12.8 Å². The van der Waals surface area contributed by atoms with E-state index < -0.39 is 0 Å². The number of aryl methyl sites for hydroxylation is 1. The van der Waals surface area contributed by atoms with Crippen molar-refractivity contribution in [1.29, 1.82) is 0 Å². The van der Waals surface area contributed by atoms with Crippen molar-refractivity contribution in [3.05, 3.63) is 71.8 Å². The van der Waals surface area contributed by atoms with E-state index in [1.54, 1.807) is 23.0 Å². The molecule has 198 valence electrons. The second-order valence-electron chi connectivity index (χ2n) is 9.47. The quantitative estimate of drug-likeness (QED) is 0.267. The maximum Gasteiger partial charge on any atom is 0.257 e. The largest absolute Gasteiger partial charge is 0.493 e. The van der Waals surface area contributed by atoms with Crippen LogP contribution in [0.5, 0.6) is 5.75 Å². The standard InChI is InChI=1S/C29H34N6O2S/c1-6-34(7-2)22-11-13-23(14-12-22)35-32-26-15-20(5)25(17-27(26)33-35)30-29(38)31-28(36)21-9-8-10-24(16-21)37-18-19(3)4/h8-17,19H,6-7,18H2,1-5H3,(H2,30,31,36,38). The fourth-order valence-corrected chi connectivity index (χ4v) is 4.23. The first kappa shape index (κ1) is 27.1. The molecule has 0 radical (unpaired) electrons. The van der Waals surface area contributed by atoms with Crippen LogP contribution < -0.4 is 20.3 Å². The molecule has 4 rings (SSSR count). The summed E-state index contributed by atoms with van der Waals surface area (Å²) in [6, 6.07) is 19.1. The Labute approximate surface area is 229 Å². The summed E-state index contributed by atoms with van der Waals surface area (Å²) in [5.74, 6) is 0.733. The van der Waals surface area contributed by atoms with Crippen LogP contribution in [-0.2, 0) is 0 Å². The van der Waals surface area contributed by atoms with Crippen molar-refractivity contribution in [1.82, 2.24) is 20.3 Å². The minimum Gasteiger partial charge on any atom is -0.493 e. The molecule has 1 heterocycles. The number of carbonyl (C=O) groups excluding carboxylic acids is 1.